The predicted molar refractivity (Wildman–Crippen MR) is 107 cm³/mol. The Labute approximate surface area is 173 Å². The maximum Gasteiger partial charge on any atom is 0.244 e. The van der Waals surface area contributed by atoms with Crippen LogP contribution in [0.15, 0.2) is 30.6 Å². The molecule has 2 atom stereocenters. The molecule has 0 unspecified atom stereocenters. The summed E-state index contributed by atoms with van der Waals surface area (Å²) in [5, 5.41) is 9.60. The molecule has 1 saturated heterocycles. The molecule has 1 fully saturated rings. The van der Waals surface area contributed by atoms with Crippen molar-refractivity contribution in [1.82, 2.24) is 20.0 Å². The third-order valence-corrected chi connectivity index (χ3v) is 4.94. The second kappa shape index (κ2) is 9.80. The van der Waals surface area contributed by atoms with Gasteiger partial charge < -0.3 is 15.5 Å². The summed E-state index contributed by atoms with van der Waals surface area (Å²) >= 11 is 0. The maximum atomic E-state index is 13.7. The fourth-order valence-electron chi connectivity index (χ4n) is 3.47. The van der Waals surface area contributed by atoms with Crippen molar-refractivity contribution in [1.29, 1.82) is 0 Å². The predicted octanol–water partition coefficient (Wildman–Crippen LogP) is 1.91. The van der Waals surface area contributed by atoms with Crippen molar-refractivity contribution < 1.29 is 18.4 Å². The van der Waals surface area contributed by atoms with Crippen molar-refractivity contribution >= 4 is 29.9 Å². The average Bonchev–Trinajstić information content (AvgIpc) is 3.31. The topological polar surface area (TPSA) is 79.3 Å². The van der Waals surface area contributed by atoms with Crippen LogP contribution in [-0.4, -0.2) is 52.7 Å². The van der Waals surface area contributed by atoms with Crippen LogP contribution in [-0.2, 0) is 16.6 Å². The highest BCUT2D eigenvalue weighted by Gasteiger charge is 2.37. The first-order valence-corrected chi connectivity index (χ1v) is 9.12. The minimum atomic E-state index is -0.862. The largest absolute Gasteiger partial charge is 0.333 e. The summed E-state index contributed by atoms with van der Waals surface area (Å²) in [6, 6.07) is 3.34. The van der Waals surface area contributed by atoms with Gasteiger partial charge in [-0.15, -0.1) is 12.4 Å². The van der Waals surface area contributed by atoms with Gasteiger partial charge in [0.25, 0.3) is 0 Å². The summed E-state index contributed by atoms with van der Waals surface area (Å²) in [4.78, 5) is 26.7. The molecule has 0 aliphatic carbocycles. The minimum Gasteiger partial charge on any atom is -0.333 e. The molecular weight excluding hydrogens is 404 g/mol. The molecule has 2 aromatic rings. The number of nitrogens with one attached hydrogen (secondary N) is 2. The summed E-state index contributed by atoms with van der Waals surface area (Å²) in [6.45, 7) is 2.93. The Morgan fingerprint density at radius 1 is 1.31 bits per heavy atom. The number of amides is 2. The second-order valence-corrected chi connectivity index (χ2v) is 6.82. The number of rotatable bonds is 6. The molecule has 3 rings (SSSR count). The number of anilines is 1. The Kier molecular flexibility index (Phi) is 7.69. The fourth-order valence-corrected chi connectivity index (χ4v) is 3.47. The van der Waals surface area contributed by atoms with E-state index in [1.807, 2.05) is 13.2 Å². The van der Waals surface area contributed by atoms with Gasteiger partial charge in [0.2, 0.25) is 11.8 Å². The first-order chi connectivity index (χ1) is 13.4. The van der Waals surface area contributed by atoms with Crippen LogP contribution < -0.4 is 10.6 Å². The normalized spacial score (nSPS) is 18.2. The highest BCUT2D eigenvalue weighted by Crippen LogP contribution is 2.29. The van der Waals surface area contributed by atoms with Gasteiger partial charge in [0, 0.05) is 38.8 Å². The zero-order chi connectivity index (χ0) is 20.3. The summed E-state index contributed by atoms with van der Waals surface area (Å²) < 4.78 is 29.1. The lowest BCUT2D eigenvalue weighted by atomic mass is 9.90. The van der Waals surface area contributed by atoms with Crippen LogP contribution in [0.4, 0.5) is 14.5 Å². The van der Waals surface area contributed by atoms with Crippen molar-refractivity contribution in [3.8, 4) is 0 Å². The Balaban J connectivity index is 0.00000300. The van der Waals surface area contributed by atoms with E-state index >= 15 is 0 Å². The third-order valence-electron chi connectivity index (χ3n) is 4.94. The van der Waals surface area contributed by atoms with E-state index in [0.717, 1.165) is 17.7 Å². The molecule has 158 valence electrons. The van der Waals surface area contributed by atoms with E-state index in [1.54, 1.807) is 17.8 Å². The highest BCUT2D eigenvalue weighted by molar-refractivity contribution is 5.95. The molecule has 1 aromatic carbocycles. The number of hydrogen-bond donors (Lipinski definition) is 2. The van der Waals surface area contributed by atoms with E-state index in [0.29, 0.717) is 19.6 Å². The van der Waals surface area contributed by atoms with Crippen LogP contribution in [0.5, 0.6) is 0 Å². The molecule has 0 spiro atoms. The van der Waals surface area contributed by atoms with Crippen LogP contribution >= 0.6 is 12.4 Å². The average molecular weight is 428 g/mol. The zero-order valence-corrected chi connectivity index (χ0v) is 17.0. The molecule has 29 heavy (non-hydrogen) atoms. The molecule has 1 aliphatic rings. The first-order valence-electron chi connectivity index (χ1n) is 9.12. The van der Waals surface area contributed by atoms with Gasteiger partial charge in [-0.1, -0.05) is 6.07 Å². The standard InChI is InChI=1S/C19H23F2N5O2.ClH/c1-3-26(11-17(27)24-18-15(20)5-4-6-16(18)21)19(28)14-9-22-8-13(14)12-7-23-25(2)10-12;/h4-7,10,13-14,22H,3,8-9,11H2,1-2H3,(H,24,27);1H/t13-,14+;/m1./s1. The number of halogens is 3. The molecule has 2 heterocycles. The second-order valence-electron chi connectivity index (χ2n) is 6.82. The fraction of sp³-hybridized carbons (Fsp3) is 0.421. The van der Waals surface area contributed by atoms with Gasteiger partial charge >= 0.3 is 0 Å². The van der Waals surface area contributed by atoms with Crippen LogP contribution in [0.1, 0.15) is 18.4 Å². The molecule has 0 saturated carbocycles. The maximum absolute atomic E-state index is 13.7. The smallest absolute Gasteiger partial charge is 0.244 e. The summed E-state index contributed by atoms with van der Waals surface area (Å²) in [7, 11) is 1.81. The Hall–Kier alpha value is -2.52. The number of carbonyl (C=O) groups excluding carboxylic acids is 2. The van der Waals surface area contributed by atoms with Crippen molar-refractivity contribution in [3.05, 3.63) is 47.8 Å². The quantitative estimate of drug-likeness (QED) is 0.738. The Morgan fingerprint density at radius 2 is 2.00 bits per heavy atom. The molecular formula is C19H24ClF2N5O2. The lowest BCUT2D eigenvalue weighted by Gasteiger charge is -2.26. The number of nitrogens with zero attached hydrogens (tertiary/aromatic N) is 3. The number of benzene rings is 1. The van der Waals surface area contributed by atoms with Crippen LogP contribution in [0.25, 0.3) is 0 Å². The number of likely N-dealkylation sites (N-methyl/N-ethyl adjacent to an activating group) is 1. The van der Waals surface area contributed by atoms with Crippen molar-refractivity contribution in [2.24, 2.45) is 13.0 Å². The van der Waals surface area contributed by atoms with Gasteiger partial charge in [-0.05, 0) is 24.6 Å². The van der Waals surface area contributed by atoms with Gasteiger partial charge in [0.15, 0.2) is 0 Å². The van der Waals surface area contributed by atoms with Crippen LogP contribution in [0.2, 0.25) is 0 Å². The SMILES string of the molecule is CCN(CC(=O)Nc1c(F)cccc1F)C(=O)[C@H]1CNC[C@@H]1c1cnn(C)c1.Cl. The van der Waals surface area contributed by atoms with E-state index < -0.39 is 23.2 Å². The molecule has 2 amide bonds. The molecule has 1 aromatic heterocycles. The molecule has 7 nitrogen and oxygen atoms in total. The molecule has 1 aliphatic heterocycles. The molecule has 10 heteroatoms. The number of aromatic nitrogens is 2. The van der Waals surface area contributed by atoms with E-state index in [4.69, 9.17) is 0 Å². The van der Waals surface area contributed by atoms with E-state index in [-0.39, 0.29) is 36.7 Å². The highest BCUT2D eigenvalue weighted by atomic mass is 35.5. The van der Waals surface area contributed by atoms with E-state index in [1.165, 1.54) is 11.0 Å². The lowest BCUT2D eigenvalue weighted by molar-refractivity contribution is -0.138. The van der Waals surface area contributed by atoms with Gasteiger partial charge in [-0.2, -0.15) is 5.10 Å². The number of aryl methyl sites for hydroxylation is 1. The van der Waals surface area contributed by atoms with Crippen LogP contribution in [0, 0.1) is 17.6 Å². The van der Waals surface area contributed by atoms with E-state index in [9.17, 15) is 18.4 Å². The van der Waals surface area contributed by atoms with Gasteiger partial charge in [0.05, 0.1) is 18.7 Å². The summed E-state index contributed by atoms with van der Waals surface area (Å²) in [5.41, 5.74) is 0.451. The van der Waals surface area contributed by atoms with Crippen LogP contribution in [0.3, 0.4) is 0 Å². The monoisotopic (exact) mass is 427 g/mol. The Bertz CT molecular complexity index is 856. The molecule has 0 radical (unpaired) electrons. The zero-order valence-electron chi connectivity index (χ0n) is 16.2. The summed E-state index contributed by atoms with van der Waals surface area (Å²) in [5.74, 6) is -2.92. The Morgan fingerprint density at radius 3 is 2.59 bits per heavy atom. The first kappa shape index (κ1) is 22.8. The van der Waals surface area contributed by atoms with Crippen molar-refractivity contribution in [3.63, 3.8) is 0 Å². The summed E-state index contributed by atoms with van der Waals surface area (Å²) in [6.07, 6.45) is 3.61. The van der Waals surface area contributed by atoms with Gasteiger partial charge in [-0.25, -0.2) is 8.78 Å². The number of para-hydroxylation sites is 1. The molecule has 0 bridgehead atoms. The van der Waals surface area contributed by atoms with Crippen molar-refractivity contribution in [2.45, 2.75) is 12.8 Å². The third kappa shape index (κ3) is 5.10. The van der Waals surface area contributed by atoms with Gasteiger partial charge in [-0.3, -0.25) is 14.3 Å². The van der Waals surface area contributed by atoms with E-state index in [2.05, 4.69) is 15.7 Å². The molecule has 2 N–H and O–H groups in total. The van der Waals surface area contributed by atoms with Crippen molar-refractivity contribution in [2.75, 3.05) is 31.5 Å². The lowest BCUT2D eigenvalue weighted by Crippen LogP contribution is -2.43. The number of hydrogen-bond acceptors (Lipinski definition) is 4. The minimum absolute atomic E-state index is 0. The van der Waals surface area contributed by atoms with Gasteiger partial charge in [0.1, 0.15) is 17.3 Å². The number of carbonyl (C=O) groups is 2.